The van der Waals surface area contributed by atoms with Gasteiger partial charge in [-0.3, -0.25) is 9.13 Å². The summed E-state index contributed by atoms with van der Waals surface area (Å²) in [6.07, 6.45) is 0. The van der Waals surface area contributed by atoms with Gasteiger partial charge in [-0.05, 0) is 39.5 Å². The summed E-state index contributed by atoms with van der Waals surface area (Å²) in [5, 5.41) is 9.47. The van der Waals surface area contributed by atoms with E-state index in [2.05, 4.69) is 0 Å². The molecule has 0 aliphatic heterocycles. The zero-order chi connectivity index (χ0) is 16.4. The predicted molar refractivity (Wildman–Crippen MR) is 83.6 cm³/mol. The molecule has 124 valence electrons. The van der Waals surface area contributed by atoms with E-state index in [1.807, 2.05) is 5.40 Å². The number of thiocyanates is 1. The molecular weight excluding hydrogens is 336 g/mol. The van der Waals surface area contributed by atoms with Crippen LogP contribution >= 0.6 is 27.0 Å². The summed E-state index contributed by atoms with van der Waals surface area (Å²) in [5.41, 5.74) is 0. The van der Waals surface area contributed by atoms with E-state index in [4.69, 9.17) is 23.4 Å². The number of thioether (sulfide) groups is 1. The molecule has 0 bridgehead atoms. The van der Waals surface area contributed by atoms with E-state index in [1.165, 1.54) is 0 Å². The quantitative estimate of drug-likeness (QED) is 0.380. The van der Waals surface area contributed by atoms with E-state index in [0.717, 1.165) is 11.8 Å². The molecule has 0 radical (unpaired) electrons. The van der Waals surface area contributed by atoms with Crippen molar-refractivity contribution in [2.45, 2.75) is 33.1 Å². The van der Waals surface area contributed by atoms with E-state index >= 15 is 0 Å². The maximum atomic E-state index is 12.9. The molecule has 21 heavy (non-hydrogen) atoms. The van der Waals surface area contributed by atoms with Gasteiger partial charge >= 0.3 is 15.2 Å². The van der Waals surface area contributed by atoms with Crippen molar-refractivity contribution in [3.8, 4) is 5.40 Å². The van der Waals surface area contributed by atoms with Crippen LogP contribution in [-0.2, 0) is 27.2 Å². The first-order chi connectivity index (χ1) is 9.94. The first-order valence-electron chi connectivity index (χ1n) is 6.72. The SMILES string of the molecule is CCOP(=O)(OCC)C(CSC#N)P(=O)(OCC)OCC. The molecule has 10 heteroatoms. The molecule has 0 aliphatic rings. The topological polar surface area (TPSA) is 94.9 Å². The van der Waals surface area contributed by atoms with Crippen molar-refractivity contribution >= 4 is 27.0 Å². The highest BCUT2D eigenvalue weighted by atomic mass is 32.2. The van der Waals surface area contributed by atoms with Crippen LogP contribution in [0, 0.1) is 10.7 Å². The van der Waals surface area contributed by atoms with Gasteiger partial charge in [-0.25, -0.2) is 0 Å². The lowest BCUT2D eigenvalue weighted by Gasteiger charge is -2.30. The lowest BCUT2D eigenvalue weighted by Crippen LogP contribution is -2.20. The van der Waals surface area contributed by atoms with Crippen molar-refractivity contribution in [2.75, 3.05) is 32.2 Å². The molecule has 0 rings (SSSR count). The van der Waals surface area contributed by atoms with Crippen molar-refractivity contribution in [1.29, 1.82) is 5.26 Å². The van der Waals surface area contributed by atoms with Gasteiger partial charge in [-0.15, -0.1) is 0 Å². The molecule has 0 heterocycles. The zero-order valence-corrected chi connectivity index (χ0v) is 15.4. The molecule has 0 aliphatic carbocycles. The number of hydrogen-bond acceptors (Lipinski definition) is 8. The van der Waals surface area contributed by atoms with Crippen LogP contribution in [0.5, 0.6) is 0 Å². The molecule has 0 saturated carbocycles. The Morgan fingerprint density at radius 2 is 1.24 bits per heavy atom. The molecule has 0 unspecified atom stereocenters. The Morgan fingerprint density at radius 1 is 0.905 bits per heavy atom. The summed E-state index contributed by atoms with van der Waals surface area (Å²) in [5.74, 6) is -0.0228. The minimum absolute atomic E-state index is 0.0228. The second-order valence-corrected chi connectivity index (χ2v) is 9.28. The van der Waals surface area contributed by atoms with Crippen LogP contribution in [0.1, 0.15) is 27.7 Å². The van der Waals surface area contributed by atoms with Crippen LogP contribution in [0.3, 0.4) is 0 Å². The molecule has 0 amide bonds. The van der Waals surface area contributed by atoms with E-state index in [1.54, 1.807) is 27.7 Å². The summed E-state index contributed by atoms with van der Waals surface area (Å²) < 4.78 is 46.8. The average molecular weight is 359 g/mol. The molecule has 0 aromatic heterocycles. The van der Waals surface area contributed by atoms with Gasteiger partial charge in [0.25, 0.3) is 0 Å². The summed E-state index contributed by atoms with van der Waals surface area (Å²) in [7, 11) is -7.45. The van der Waals surface area contributed by atoms with Crippen molar-refractivity contribution in [1.82, 2.24) is 0 Å². The van der Waals surface area contributed by atoms with E-state index in [0.29, 0.717) is 0 Å². The largest absolute Gasteiger partial charge is 0.346 e. The van der Waals surface area contributed by atoms with Gasteiger partial charge in [-0.2, -0.15) is 5.26 Å². The van der Waals surface area contributed by atoms with Gasteiger partial charge in [0.2, 0.25) is 0 Å². The fourth-order valence-electron chi connectivity index (χ4n) is 1.61. The van der Waals surface area contributed by atoms with Crippen LogP contribution in [-0.4, -0.2) is 37.6 Å². The molecule has 0 N–H and O–H groups in total. The fourth-order valence-corrected chi connectivity index (χ4v) is 8.20. The van der Waals surface area contributed by atoms with E-state index in [-0.39, 0.29) is 32.2 Å². The highest BCUT2D eigenvalue weighted by molar-refractivity contribution is 8.04. The van der Waals surface area contributed by atoms with Crippen molar-refractivity contribution in [2.24, 2.45) is 0 Å². The Labute approximate surface area is 130 Å². The predicted octanol–water partition coefficient (Wildman–Crippen LogP) is 4.06. The highest BCUT2D eigenvalue weighted by Gasteiger charge is 2.50. The van der Waals surface area contributed by atoms with Gasteiger partial charge < -0.3 is 18.1 Å². The second kappa shape index (κ2) is 10.8. The normalized spacial score (nSPS) is 12.6. The summed E-state index contributed by atoms with van der Waals surface area (Å²) in [4.78, 5) is 0. The smallest absolute Gasteiger partial charge is 0.308 e. The third-order valence-corrected chi connectivity index (χ3v) is 9.38. The molecule has 0 saturated heterocycles. The number of nitrogens with zero attached hydrogens (tertiary/aromatic N) is 1. The molecule has 0 atom stereocenters. The number of nitriles is 1. The average Bonchev–Trinajstić information content (AvgIpc) is 2.40. The first kappa shape index (κ1) is 21.1. The molecule has 0 spiro atoms. The van der Waals surface area contributed by atoms with Crippen LogP contribution in [0.15, 0.2) is 0 Å². The van der Waals surface area contributed by atoms with E-state index in [9.17, 15) is 9.13 Å². The fraction of sp³-hybridized carbons (Fsp3) is 0.909. The molecule has 0 aromatic carbocycles. The van der Waals surface area contributed by atoms with Crippen molar-refractivity contribution < 1.29 is 27.2 Å². The maximum absolute atomic E-state index is 12.9. The van der Waals surface area contributed by atoms with E-state index < -0.39 is 20.6 Å². The zero-order valence-electron chi connectivity index (χ0n) is 12.8. The summed E-state index contributed by atoms with van der Waals surface area (Å²) in [6.45, 7) is 7.15. The maximum Gasteiger partial charge on any atom is 0.346 e. The number of rotatable bonds is 12. The van der Waals surface area contributed by atoms with Gasteiger partial charge in [-0.1, -0.05) is 0 Å². The Bertz CT molecular complexity index is 377. The lowest BCUT2D eigenvalue weighted by atomic mass is 10.9. The third kappa shape index (κ3) is 6.42. The standard InChI is InChI=1S/C11H23NO6P2S/c1-5-15-19(13,16-6-2)11(9-21-10-12)20(14,17-7-3)18-8-4/h11H,5-9H2,1-4H3. The minimum Gasteiger partial charge on any atom is -0.308 e. The van der Waals surface area contributed by atoms with Crippen LogP contribution in [0.4, 0.5) is 0 Å². The second-order valence-electron chi connectivity index (χ2n) is 3.63. The molecule has 7 nitrogen and oxygen atoms in total. The summed E-state index contributed by atoms with van der Waals surface area (Å²) in [6, 6.07) is 0. The van der Waals surface area contributed by atoms with Gasteiger partial charge in [0.1, 0.15) is 5.40 Å². The van der Waals surface area contributed by atoms with Gasteiger partial charge in [0.05, 0.1) is 26.4 Å². The molecular formula is C11H23NO6P2S. The van der Waals surface area contributed by atoms with Crippen LogP contribution in [0.2, 0.25) is 0 Å². The van der Waals surface area contributed by atoms with Crippen molar-refractivity contribution in [3.63, 3.8) is 0 Å². The third-order valence-electron chi connectivity index (χ3n) is 2.26. The Balaban J connectivity index is 5.63. The molecule has 0 fully saturated rings. The molecule has 0 aromatic rings. The van der Waals surface area contributed by atoms with Gasteiger partial charge in [0, 0.05) is 5.75 Å². The van der Waals surface area contributed by atoms with Gasteiger partial charge in [0.15, 0.2) is 5.40 Å². The summed E-state index contributed by atoms with van der Waals surface area (Å²) >= 11 is 0.814. The van der Waals surface area contributed by atoms with Crippen molar-refractivity contribution in [3.05, 3.63) is 0 Å². The first-order valence-corrected chi connectivity index (χ1v) is 10.9. The lowest BCUT2D eigenvalue weighted by molar-refractivity contribution is 0.197. The minimum atomic E-state index is -3.73. The number of hydrogen-bond donors (Lipinski definition) is 0. The Kier molecular flexibility index (Phi) is 10.9. The Hall–Kier alpha value is 0.140. The highest BCUT2D eigenvalue weighted by Crippen LogP contribution is 2.70. The Morgan fingerprint density at radius 3 is 1.48 bits per heavy atom. The monoisotopic (exact) mass is 359 g/mol. The van der Waals surface area contributed by atoms with Crippen LogP contribution in [0.25, 0.3) is 0 Å². The van der Waals surface area contributed by atoms with Crippen LogP contribution < -0.4 is 0 Å².